The van der Waals surface area contributed by atoms with Gasteiger partial charge in [-0.3, -0.25) is 9.38 Å². The number of piperidine rings is 1. The van der Waals surface area contributed by atoms with Crippen molar-refractivity contribution < 1.29 is 4.39 Å². The van der Waals surface area contributed by atoms with Crippen molar-refractivity contribution in [2.75, 3.05) is 18.4 Å². The van der Waals surface area contributed by atoms with Gasteiger partial charge in [-0.05, 0) is 31.5 Å². The van der Waals surface area contributed by atoms with Gasteiger partial charge in [0.2, 0.25) is 0 Å². The Morgan fingerprint density at radius 3 is 3.09 bits per heavy atom. The van der Waals surface area contributed by atoms with Crippen LogP contribution < -0.4 is 10.6 Å². The van der Waals surface area contributed by atoms with Crippen molar-refractivity contribution in [2.24, 2.45) is 0 Å². The normalized spacial score (nSPS) is 18.2. The minimum atomic E-state index is -0.313. The van der Waals surface area contributed by atoms with Gasteiger partial charge in [0, 0.05) is 18.8 Å². The number of rotatable bonds is 3. The minimum absolute atomic E-state index is 0.313. The van der Waals surface area contributed by atoms with Crippen LogP contribution in [0.2, 0.25) is 0 Å². The molecule has 0 bridgehead atoms. The first-order valence-electron chi connectivity index (χ1n) is 7.72. The van der Waals surface area contributed by atoms with E-state index in [1.54, 1.807) is 29.1 Å². The number of halogens is 1. The highest BCUT2D eigenvalue weighted by atomic mass is 19.1. The molecule has 1 fully saturated rings. The SMILES string of the molecule is Fc1ccc2ncc(-c3cncc(N[C@@H]4CCCNC4)n3)n2c1. The Hall–Kier alpha value is -2.54. The Labute approximate surface area is 132 Å². The topological polar surface area (TPSA) is 67.1 Å². The highest BCUT2D eigenvalue weighted by Crippen LogP contribution is 2.20. The van der Waals surface area contributed by atoms with E-state index in [4.69, 9.17) is 0 Å². The van der Waals surface area contributed by atoms with Crippen LogP contribution in [0.4, 0.5) is 10.2 Å². The van der Waals surface area contributed by atoms with Crippen molar-refractivity contribution in [1.29, 1.82) is 0 Å². The van der Waals surface area contributed by atoms with Gasteiger partial charge in [-0.1, -0.05) is 0 Å². The third kappa shape index (κ3) is 2.87. The zero-order chi connectivity index (χ0) is 15.6. The Kier molecular flexibility index (Phi) is 3.63. The molecule has 118 valence electrons. The summed E-state index contributed by atoms with van der Waals surface area (Å²) in [5.74, 6) is 0.412. The molecule has 3 aromatic heterocycles. The summed E-state index contributed by atoms with van der Waals surface area (Å²) in [7, 11) is 0. The van der Waals surface area contributed by atoms with Gasteiger partial charge in [0.25, 0.3) is 0 Å². The summed E-state index contributed by atoms with van der Waals surface area (Å²) >= 11 is 0. The van der Waals surface area contributed by atoms with E-state index in [-0.39, 0.29) is 5.82 Å². The van der Waals surface area contributed by atoms with Crippen LogP contribution in [0, 0.1) is 5.82 Å². The Morgan fingerprint density at radius 1 is 1.26 bits per heavy atom. The number of pyridine rings is 1. The van der Waals surface area contributed by atoms with Crippen LogP contribution in [0.3, 0.4) is 0 Å². The van der Waals surface area contributed by atoms with Crippen molar-refractivity contribution >= 4 is 11.5 Å². The van der Waals surface area contributed by atoms with Crippen LogP contribution in [-0.4, -0.2) is 38.5 Å². The Morgan fingerprint density at radius 2 is 2.22 bits per heavy atom. The molecule has 1 atom stereocenters. The summed E-state index contributed by atoms with van der Waals surface area (Å²) in [5, 5.41) is 6.76. The summed E-state index contributed by atoms with van der Waals surface area (Å²) < 4.78 is 15.2. The third-order valence-corrected chi connectivity index (χ3v) is 4.02. The fraction of sp³-hybridized carbons (Fsp3) is 0.312. The van der Waals surface area contributed by atoms with Crippen LogP contribution in [0.25, 0.3) is 17.0 Å². The number of nitrogens with zero attached hydrogens (tertiary/aromatic N) is 4. The second-order valence-corrected chi connectivity index (χ2v) is 5.70. The van der Waals surface area contributed by atoms with Gasteiger partial charge in [-0.15, -0.1) is 0 Å². The molecular weight excluding hydrogens is 295 g/mol. The molecule has 2 N–H and O–H groups in total. The first kappa shape index (κ1) is 14.1. The van der Waals surface area contributed by atoms with Gasteiger partial charge in [-0.25, -0.2) is 14.4 Å². The first-order chi connectivity index (χ1) is 11.3. The van der Waals surface area contributed by atoms with Crippen molar-refractivity contribution in [2.45, 2.75) is 18.9 Å². The largest absolute Gasteiger partial charge is 0.365 e. The standard InChI is InChI=1S/C16H17FN6/c17-11-3-4-16-20-8-14(23(16)10-11)13-7-19-9-15(22-13)21-12-2-1-5-18-6-12/h3-4,7-10,12,18H,1-2,5-6H2,(H,21,22)/t12-/m1/s1. The number of aromatic nitrogens is 4. The molecule has 0 aliphatic carbocycles. The average molecular weight is 312 g/mol. The van der Waals surface area contributed by atoms with E-state index >= 15 is 0 Å². The van der Waals surface area contributed by atoms with Crippen molar-refractivity contribution in [3.63, 3.8) is 0 Å². The quantitative estimate of drug-likeness (QED) is 0.775. The zero-order valence-corrected chi connectivity index (χ0v) is 12.5. The van der Waals surface area contributed by atoms with Gasteiger partial charge in [0.05, 0.1) is 24.3 Å². The average Bonchev–Trinajstić information content (AvgIpc) is 2.99. The minimum Gasteiger partial charge on any atom is -0.365 e. The highest BCUT2D eigenvalue weighted by molar-refractivity contribution is 5.60. The number of hydrogen-bond donors (Lipinski definition) is 2. The first-order valence-corrected chi connectivity index (χ1v) is 7.72. The molecular formula is C16H17FN6. The van der Waals surface area contributed by atoms with E-state index in [0.29, 0.717) is 17.4 Å². The predicted octanol–water partition coefficient (Wildman–Crippen LogP) is 2.09. The lowest BCUT2D eigenvalue weighted by atomic mass is 10.1. The van der Waals surface area contributed by atoms with Crippen molar-refractivity contribution in [1.82, 2.24) is 24.7 Å². The molecule has 0 amide bonds. The second-order valence-electron chi connectivity index (χ2n) is 5.70. The number of hydrogen-bond acceptors (Lipinski definition) is 5. The van der Waals surface area contributed by atoms with Crippen LogP contribution >= 0.6 is 0 Å². The maximum atomic E-state index is 13.5. The summed E-state index contributed by atoms with van der Waals surface area (Å²) in [6, 6.07) is 3.39. The van der Waals surface area contributed by atoms with E-state index < -0.39 is 0 Å². The van der Waals surface area contributed by atoms with E-state index in [0.717, 1.165) is 37.4 Å². The lowest BCUT2D eigenvalue weighted by molar-refractivity contribution is 0.479. The molecule has 1 aliphatic rings. The third-order valence-electron chi connectivity index (χ3n) is 4.02. The van der Waals surface area contributed by atoms with Crippen molar-refractivity contribution in [3.05, 3.63) is 42.7 Å². The fourth-order valence-corrected chi connectivity index (χ4v) is 2.89. The molecule has 0 saturated carbocycles. The zero-order valence-electron chi connectivity index (χ0n) is 12.5. The van der Waals surface area contributed by atoms with Gasteiger partial charge < -0.3 is 10.6 Å². The monoisotopic (exact) mass is 312 g/mol. The molecule has 1 aliphatic heterocycles. The lowest BCUT2D eigenvalue weighted by Gasteiger charge is -2.24. The number of fused-ring (bicyclic) bond motifs is 1. The Bertz CT molecular complexity index is 824. The second kappa shape index (κ2) is 5.92. The van der Waals surface area contributed by atoms with E-state index in [1.807, 2.05) is 0 Å². The summed E-state index contributed by atoms with van der Waals surface area (Å²) in [5.41, 5.74) is 2.06. The molecule has 7 heteroatoms. The maximum absolute atomic E-state index is 13.5. The van der Waals surface area contributed by atoms with Crippen LogP contribution in [0.5, 0.6) is 0 Å². The number of nitrogens with one attached hydrogen (secondary N) is 2. The van der Waals surface area contributed by atoms with Crippen LogP contribution in [0.1, 0.15) is 12.8 Å². The molecule has 6 nitrogen and oxygen atoms in total. The van der Waals surface area contributed by atoms with Gasteiger partial charge >= 0.3 is 0 Å². The predicted molar refractivity (Wildman–Crippen MR) is 85.7 cm³/mol. The molecule has 4 heterocycles. The van der Waals surface area contributed by atoms with E-state index in [9.17, 15) is 4.39 Å². The smallest absolute Gasteiger partial charge is 0.145 e. The summed E-state index contributed by atoms with van der Waals surface area (Å²) in [6.45, 7) is 1.99. The lowest BCUT2D eigenvalue weighted by Crippen LogP contribution is -2.38. The Balaban J connectivity index is 1.65. The number of imidazole rings is 1. The summed E-state index contributed by atoms with van der Waals surface area (Å²) in [4.78, 5) is 13.1. The molecule has 4 rings (SSSR count). The molecule has 0 aromatic carbocycles. The highest BCUT2D eigenvalue weighted by Gasteiger charge is 2.14. The van der Waals surface area contributed by atoms with E-state index in [1.165, 1.54) is 12.3 Å². The van der Waals surface area contributed by atoms with E-state index in [2.05, 4.69) is 25.6 Å². The molecule has 0 spiro atoms. The van der Waals surface area contributed by atoms with Gasteiger partial charge in [0.15, 0.2) is 0 Å². The summed E-state index contributed by atoms with van der Waals surface area (Å²) in [6.07, 6.45) is 8.73. The number of anilines is 1. The maximum Gasteiger partial charge on any atom is 0.145 e. The molecule has 1 saturated heterocycles. The molecule has 23 heavy (non-hydrogen) atoms. The van der Waals surface area contributed by atoms with Crippen LogP contribution in [-0.2, 0) is 0 Å². The van der Waals surface area contributed by atoms with Crippen molar-refractivity contribution in [3.8, 4) is 11.4 Å². The molecule has 3 aromatic rings. The van der Waals surface area contributed by atoms with Gasteiger partial charge in [0.1, 0.15) is 23.0 Å². The fourth-order valence-electron chi connectivity index (χ4n) is 2.89. The van der Waals surface area contributed by atoms with Crippen LogP contribution in [0.15, 0.2) is 36.9 Å². The molecule has 0 radical (unpaired) electrons. The van der Waals surface area contributed by atoms with Gasteiger partial charge in [-0.2, -0.15) is 0 Å². The molecule has 0 unspecified atom stereocenters.